The Kier molecular flexibility index (Phi) is 5.95. The lowest BCUT2D eigenvalue weighted by Gasteiger charge is -2.27. The van der Waals surface area contributed by atoms with Gasteiger partial charge in [-0.15, -0.1) is 0 Å². The maximum absolute atomic E-state index is 11.9. The molecule has 1 unspecified atom stereocenters. The fraction of sp³-hybridized carbons (Fsp3) is 0.600. The van der Waals surface area contributed by atoms with E-state index in [4.69, 9.17) is 5.73 Å². The predicted molar refractivity (Wildman–Crippen MR) is 91.2 cm³/mol. The fourth-order valence-electron chi connectivity index (χ4n) is 2.48. The number of nitrogens with one attached hydrogen (secondary N) is 1. The zero-order valence-corrected chi connectivity index (χ0v) is 14.2. The number of piperidine rings is 1. The first kappa shape index (κ1) is 17.7. The monoisotopic (exact) mass is 340 g/mol. The van der Waals surface area contributed by atoms with Gasteiger partial charge in [-0.1, -0.05) is 0 Å². The van der Waals surface area contributed by atoms with E-state index in [1.165, 1.54) is 19.3 Å². The molecule has 1 fully saturated rings. The fourth-order valence-corrected chi connectivity index (χ4v) is 3.16. The third kappa shape index (κ3) is 5.80. The van der Waals surface area contributed by atoms with E-state index in [9.17, 15) is 13.2 Å². The van der Waals surface area contributed by atoms with Crippen LogP contribution in [-0.4, -0.2) is 50.4 Å². The van der Waals surface area contributed by atoms with Crippen molar-refractivity contribution in [2.24, 2.45) is 5.73 Å². The van der Waals surface area contributed by atoms with Crippen LogP contribution in [0.4, 0.5) is 11.5 Å². The molecular weight excluding hydrogens is 316 g/mol. The molecule has 2 heterocycles. The molecule has 0 aliphatic carbocycles. The largest absolute Gasteiger partial charge is 0.357 e. The van der Waals surface area contributed by atoms with Gasteiger partial charge in [0.05, 0.1) is 23.7 Å². The van der Waals surface area contributed by atoms with Crippen LogP contribution in [0.25, 0.3) is 0 Å². The Labute approximate surface area is 137 Å². The second-order valence-electron chi connectivity index (χ2n) is 5.97. The molecule has 0 radical (unpaired) electrons. The van der Waals surface area contributed by atoms with Crippen molar-refractivity contribution in [2.75, 3.05) is 35.3 Å². The molecule has 1 aliphatic heterocycles. The summed E-state index contributed by atoms with van der Waals surface area (Å²) < 4.78 is 22.2. The number of hydrogen-bond donors (Lipinski definition) is 2. The van der Waals surface area contributed by atoms with Crippen LogP contribution in [-0.2, 0) is 14.6 Å². The minimum atomic E-state index is -3.12. The Morgan fingerprint density at radius 3 is 2.61 bits per heavy atom. The Morgan fingerprint density at radius 1 is 1.35 bits per heavy atom. The Hall–Kier alpha value is -1.67. The van der Waals surface area contributed by atoms with Crippen molar-refractivity contribution < 1.29 is 13.2 Å². The number of nitrogens with zero attached hydrogens (tertiary/aromatic N) is 2. The summed E-state index contributed by atoms with van der Waals surface area (Å²) in [7, 11) is -3.12. The number of pyridine rings is 1. The van der Waals surface area contributed by atoms with Crippen LogP contribution < -0.4 is 16.0 Å². The molecule has 1 atom stereocenters. The zero-order chi connectivity index (χ0) is 16.9. The lowest BCUT2D eigenvalue weighted by Crippen LogP contribution is -2.37. The number of hydrogen-bond acceptors (Lipinski definition) is 6. The highest BCUT2D eigenvalue weighted by molar-refractivity contribution is 7.90. The second-order valence-corrected chi connectivity index (χ2v) is 8.23. The lowest BCUT2D eigenvalue weighted by molar-refractivity contribution is -0.117. The molecule has 128 valence electrons. The number of amides is 1. The Balaban J connectivity index is 1.88. The van der Waals surface area contributed by atoms with E-state index >= 15 is 0 Å². The average Bonchev–Trinajstić information content (AvgIpc) is 2.53. The van der Waals surface area contributed by atoms with E-state index in [0.29, 0.717) is 5.69 Å². The van der Waals surface area contributed by atoms with E-state index in [0.717, 1.165) is 25.2 Å². The summed E-state index contributed by atoms with van der Waals surface area (Å²) in [5.41, 5.74) is 6.27. The van der Waals surface area contributed by atoms with Gasteiger partial charge in [0.25, 0.3) is 0 Å². The van der Waals surface area contributed by atoms with Gasteiger partial charge in [-0.2, -0.15) is 0 Å². The Morgan fingerprint density at radius 2 is 2.04 bits per heavy atom. The molecule has 8 heteroatoms. The van der Waals surface area contributed by atoms with Crippen molar-refractivity contribution >= 4 is 27.2 Å². The minimum Gasteiger partial charge on any atom is -0.357 e. The topological polar surface area (TPSA) is 105 Å². The highest BCUT2D eigenvalue weighted by atomic mass is 32.2. The summed E-state index contributed by atoms with van der Waals surface area (Å²) in [6.45, 7) is 2.02. The first-order valence-corrected chi connectivity index (χ1v) is 9.86. The van der Waals surface area contributed by atoms with Gasteiger partial charge in [-0.05, 0) is 37.8 Å². The van der Waals surface area contributed by atoms with Crippen molar-refractivity contribution in [2.45, 2.75) is 31.7 Å². The van der Waals surface area contributed by atoms with Crippen molar-refractivity contribution in [3.05, 3.63) is 18.3 Å². The van der Waals surface area contributed by atoms with Crippen LogP contribution in [0.2, 0.25) is 0 Å². The van der Waals surface area contributed by atoms with Crippen LogP contribution >= 0.6 is 0 Å². The number of aromatic nitrogens is 1. The number of sulfone groups is 1. The molecule has 3 N–H and O–H groups in total. The molecular formula is C15H24N4O3S. The summed E-state index contributed by atoms with van der Waals surface area (Å²) in [6.07, 6.45) is 6.44. The van der Waals surface area contributed by atoms with Gasteiger partial charge >= 0.3 is 0 Å². The average molecular weight is 340 g/mol. The quantitative estimate of drug-likeness (QED) is 0.792. The van der Waals surface area contributed by atoms with Crippen LogP contribution in [0.5, 0.6) is 0 Å². The molecule has 0 spiro atoms. The highest BCUT2D eigenvalue weighted by Gasteiger charge is 2.17. The normalized spacial score (nSPS) is 16.9. The third-order valence-corrected chi connectivity index (χ3v) is 4.81. The molecule has 0 saturated carbocycles. The number of rotatable bonds is 6. The van der Waals surface area contributed by atoms with E-state index in [1.54, 1.807) is 12.3 Å². The van der Waals surface area contributed by atoms with E-state index in [1.807, 2.05) is 6.07 Å². The molecule has 1 aromatic rings. The number of anilines is 2. The second kappa shape index (κ2) is 7.74. The Bertz CT molecular complexity index is 625. The zero-order valence-electron chi connectivity index (χ0n) is 13.4. The van der Waals surface area contributed by atoms with Crippen molar-refractivity contribution in [3.8, 4) is 0 Å². The smallest absolute Gasteiger partial charge is 0.241 e. The standard InChI is InChI=1S/C15H24N4O3S/c1-23(21,22)10-7-13(16)15(20)18-12-5-6-14(17-11-12)19-8-3-2-4-9-19/h5-6,11,13H,2-4,7-10,16H2,1H3,(H,18,20). The number of nitrogens with two attached hydrogens (primary N) is 1. The molecule has 2 rings (SSSR count). The van der Waals surface area contributed by atoms with Crippen LogP contribution in [0.15, 0.2) is 18.3 Å². The van der Waals surface area contributed by atoms with Gasteiger partial charge in [0.1, 0.15) is 15.7 Å². The number of carbonyl (C=O) groups excluding carboxylic acids is 1. The summed E-state index contributed by atoms with van der Waals surface area (Å²) in [4.78, 5) is 18.6. The van der Waals surface area contributed by atoms with Crippen molar-refractivity contribution in [1.29, 1.82) is 0 Å². The van der Waals surface area contributed by atoms with Gasteiger partial charge < -0.3 is 16.0 Å². The minimum absolute atomic E-state index is 0.101. The van der Waals surface area contributed by atoms with E-state index < -0.39 is 21.8 Å². The van der Waals surface area contributed by atoms with Gasteiger partial charge in [0.2, 0.25) is 5.91 Å². The summed E-state index contributed by atoms with van der Waals surface area (Å²) in [5, 5.41) is 2.67. The van der Waals surface area contributed by atoms with Gasteiger partial charge in [0, 0.05) is 19.3 Å². The highest BCUT2D eigenvalue weighted by Crippen LogP contribution is 2.19. The first-order chi connectivity index (χ1) is 10.8. The summed E-state index contributed by atoms with van der Waals surface area (Å²) >= 11 is 0. The van der Waals surface area contributed by atoms with Gasteiger partial charge in [0.15, 0.2) is 0 Å². The SMILES string of the molecule is CS(=O)(=O)CCC(N)C(=O)Nc1ccc(N2CCCCC2)nc1. The molecule has 1 aromatic heterocycles. The third-order valence-electron chi connectivity index (χ3n) is 3.83. The summed E-state index contributed by atoms with van der Waals surface area (Å²) in [5.74, 6) is 0.401. The van der Waals surface area contributed by atoms with Crippen molar-refractivity contribution in [1.82, 2.24) is 4.98 Å². The molecule has 1 amide bonds. The predicted octanol–water partition coefficient (Wildman–Crippen LogP) is 0.772. The van der Waals surface area contributed by atoms with Crippen LogP contribution in [0.1, 0.15) is 25.7 Å². The van der Waals surface area contributed by atoms with E-state index in [-0.39, 0.29) is 12.2 Å². The maximum atomic E-state index is 11.9. The van der Waals surface area contributed by atoms with Crippen molar-refractivity contribution in [3.63, 3.8) is 0 Å². The lowest BCUT2D eigenvalue weighted by atomic mass is 10.1. The molecule has 7 nitrogen and oxygen atoms in total. The van der Waals surface area contributed by atoms with Gasteiger partial charge in [-0.25, -0.2) is 13.4 Å². The molecule has 1 saturated heterocycles. The molecule has 23 heavy (non-hydrogen) atoms. The molecule has 1 aliphatic rings. The molecule has 0 bridgehead atoms. The number of carbonyl (C=O) groups is 1. The first-order valence-electron chi connectivity index (χ1n) is 7.80. The maximum Gasteiger partial charge on any atom is 0.241 e. The van der Waals surface area contributed by atoms with Crippen LogP contribution in [0, 0.1) is 0 Å². The molecule has 0 aromatic carbocycles. The van der Waals surface area contributed by atoms with Crippen LogP contribution in [0.3, 0.4) is 0 Å². The van der Waals surface area contributed by atoms with E-state index in [2.05, 4.69) is 15.2 Å². The van der Waals surface area contributed by atoms with Gasteiger partial charge in [-0.3, -0.25) is 4.79 Å². The summed E-state index contributed by atoms with van der Waals surface area (Å²) in [6, 6.07) is 2.81.